The van der Waals surface area contributed by atoms with E-state index >= 15 is 0 Å². The van der Waals surface area contributed by atoms with Gasteiger partial charge in [-0.05, 0) is 36.8 Å². The summed E-state index contributed by atoms with van der Waals surface area (Å²) in [4.78, 5) is 24.8. The first-order chi connectivity index (χ1) is 12.5. The fourth-order valence-corrected chi connectivity index (χ4v) is 3.10. The first kappa shape index (κ1) is 18.2. The summed E-state index contributed by atoms with van der Waals surface area (Å²) in [6.07, 6.45) is 0.895. The molecular weight excluding hydrogens is 357 g/mol. The highest BCUT2D eigenvalue weighted by Crippen LogP contribution is 2.19. The van der Waals surface area contributed by atoms with Crippen molar-refractivity contribution in [3.05, 3.63) is 63.8 Å². The Labute approximate surface area is 155 Å². The summed E-state index contributed by atoms with van der Waals surface area (Å²) in [7, 11) is 0. The van der Waals surface area contributed by atoms with Crippen LogP contribution in [-0.2, 0) is 17.9 Å². The Morgan fingerprint density at radius 2 is 1.77 bits per heavy atom. The molecule has 0 aliphatic heterocycles. The third kappa shape index (κ3) is 3.65. The van der Waals surface area contributed by atoms with Crippen LogP contribution >= 0.6 is 11.6 Å². The largest absolute Gasteiger partial charge is 0.329 e. The van der Waals surface area contributed by atoms with E-state index in [4.69, 9.17) is 11.6 Å². The highest BCUT2D eigenvalue weighted by Gasteiger charge is 2.14. The van der Waals surface area contributed by atoms with E-state index in [2.05, 4.69) is 5.32 Å². The van der Waals surface area contributed by atoms with Crippen LogP contribution in [0.5, 0.6) is 0 Å². The number of nitrogens with one attached hydrogen (secondary N) is 1. The fourth-order valence-electron chi connectivity index (χ4n) is 2.95. The number of rotatable bonds is 6. The molecule has 0 saturated heterocycles. The van der Waals surface area contributed by atoms with Gasteiger partial charge in [0.25, 0.3) is 0 Å². The number of halogens is 2. The lowest BCUT2D eigenvalue weighted by Crippen LogP contribution is -2.26. The fraction of sp³-hybridized carbons (Fsp3) is 0.263. The predicted octanol–water partition coefficient (Wildman–Crippen LogP) is 4.03. The molecular formula is C19H19ClFN3O2. The number of nitrogens with zero attached hydrogens (tertiary/aromatic N) is 2. The molecule has 1 heterocycles. The van der Waals surface area contributed by atoms with Crippen molar-refractivity contribution in [2.45, 2.75) is 32.9 Å². The first-order valence-corrected chi connectivity index (χ1v) is 8.82. The van der Waals surface area contributed by atoms with Crippen molar-refractivity contribution < 1.29 is 9.18 Å². The van der Waals surface area contributed by atoms with Gasteiger partial charge in [-0.3, -0.25) is 13.9 Å². The molecule has 0 spiro atoms. The van der Waals surface area contributed by atoms with Crippen molar-refractivity contribution in [3.8, 4) is 0 Å². The number of hydrogen-bond acceptors (Lipinski definition) is 2. The van der Waals surface area contributed by atoms with Crippen LogP contribution in [0.25, 0.3) is 11.0 Å². The number of amides is 1. The molecule has 0 aliphatic rings. The third-order valence-electron chi connectivity index (χ3n) is 4.14. The molecule has 0 atom stereocenters. The van der Waals surface area contributed by atoms with Crippen molar-refractivity contribution in [2.24, 2.45) is 0 Å². The number of aromatic nitrogens is 2. The Hall–Kier alpha value is -2.60. The Balaban J connectivity index is 1.78. The highest BCUT2D eigenvalue weighted by atomic mass is 35.5. The van der Waals surface area contributed by atoms with Crippen molar-refractivity contribution in [1.82, 2.24) is 9.13 Å². The van der Waals surface area contributed by atoms with E-state index in [1.165, 1.54) is 12.1 Å². The second-order valence-corrected chi connectivity index (χ2v) is 6.43. The number of carbonyl (C=O) groups is 1. The van der Waals surface area contributed by atoms with E-state index in [0.717, 1.165) is 23.5 Å². The van der Waals surface area contributed by atoms with Gasteiger partial charge in [-0.2, -0.15) is 0 Å². The highest BCUT2D eigenvalue weighted by molar-refractivity contribution is 6.30. The van der Waals surface area contributed by atoms with Crippen LogP contribution in [0.1, 0.15) is 19.8 Å². The van der Waals surface area contributed by atoms with Gasteiger partial charge in [0.15, 0.2) is 0 Å². The summed E-state index contributed by atoms with van der Waals surface area (Å²) in [5.74, 6) is -0.965. The Kier molecular flexibility index (Phi) is 5.42. The van der Waals surface area contributed by atoms with Crippen LogP contribution in [-0.4, -0.2) is 15.0 Å². The van der Waals surface area contributed by atoms with Crippen LogP contribution in [0.3, 0.4) is 0 Å². The number of imidazole rings is 1. The van der Waals surface area contributed by atoms with E-state index in [9.17, 15) is 14.0 Å². The maximum Gasteiger partial charge on any atom is 0.329 e. The number of hydrogen-bond donors (Lipinski definition) is 1. The van der Waals surface area contributed by atoms with Gasteiger partial charge in [0.1, 0.15) is 5.82 Å². The molecule has 2 aromatic carbocycles. The summed E-state index contributed by atoms with van der Waals surface area (Å²) in [6.45, 7) is 2.85. The molecule has 0 fully saturated rings. The maximum absolute atomic E-state index is 13.8. The quantitative estimate of drug-likeness (QED) is 0.707. The molecule has 1 aromatic heterocycles. The molecule has 0 bridgehead atoms. The average molecular weight is 376 g/mol. The van der Waals surface area contributed by atoms with Gasteiger partial charge in [0.2, 0.25) is 5.91 Å². The normalized spacial score (nSPS) is 11.0. The number of anilines is 1. The zero-order valence-electron chi connectivity index (χ0n) is 14.3. The van der Waals surface area contributed by atoms with Crippen molar-refractivity contribution in [3.63, 3.8) is 0 Å². The minimum Gasteiger partial charge on any atom is -0.324 e. The topological polar surface area (TPSA) is 56.0 Å². The lowest BCUT2D eigenvalue weighted by molar-refractivity contribution is -0.116. The van der Waals surface area contributed by atoms with Crippen LogP contribution in [0.15, 0.2) is 47.3 Å². The molecule has 7 heteroatoms. The third-order valence-corrected chi connectivity index (χ3v) is 4.38. The monoisotopic (exact) mass is 375 g/mol. The van der Waals surface area contributed by atoms with Gasteiger partial charge in [0, 0.05) is 24.5 Å². The number of para-hydroxylation sites is 2. The second kappa shape index (κ2) is 7.74. The molecule has 0 radical (unpaired) electrons. The Morgan fingerprint density at radius 1 is 1.12 bits per heavy atom. The van der Waals surface area contributed by atoms with Crippen LogP contribution in [0, 0.1) is 5.82 Å². The molecule has 3 aromatic rings. The summed E-state index contributed by atoms with van der Waals surface area (Å²) in [5.41, 5.74) is 1.57. The van der Waals surface area contributed by atoms with Gasteiger partial charge >= 0.3 is 5.69 Å². The summed E-state index contributed by atoms with van der Waals surface area (Å²) < 4.78 is 17.1. The summed E-state index contributed by atoms with van der Waals surface area (Å²) in [6, 6.07) is 11.6. The molecule has 0 saturated carbocycles. The number of carbonyl (C=O) groups excluding carboxylic acids is 1. The Bertz CT molecular complexity index is 1010. The number of aryl methyl sites for hydroxylation is 2. The van der Waals surface area contributed by atoms with E-state index in [-0.39, 0.29) is 35.3 Å². The predicted molar refractivity (Wildman–Crippen MR) is 101 cm³/mol. The molecule has 136 valence electrons. The molecule has 1 amide bonds. The van der Waals surface area contributed by atoms with E-state index in [1.54, 1.807) is 9.13 Å². The number of fused-ring (bicyclic) bond motifs is 1. The standard InChI is InChI=1S/C19H19ClFN3O2/c1-2-10-23-16-5-3-4-6-17(16)24(19(23)26)11-9-18(25)22-15-8-7-13(20)12-14(15)21/h3-8,12H,2,9-11H2,1H3,(H,22,25). The van der Waals surface area contributed by atoms with E-state index in [1.807, 2.05) is 31.2 Å². The van der Waals surface area contributed by atoms with Gasteiger partial charge in [-0.15, -0.1) is 0 Å². The van der Waals surface area contributed by atoms with Gasteiger partial charge in [-0.25, -0.2) is 9.18 Å². The summed E-state index contributed by atoms with van der Waals surface area (Å²) in [5, 5.41) is 2.77. The van der Waals surface area contributed by atoms with Crippen LogP contribution in [0.4, 0.5) is 10.1 Å². The average Bonchev–Trinajstić information content (AvgIpc) is 2.88. The van der Waals surface area contributed by atoms with E-state index in [0.29, 0.717) is 6.54 Å². The molecule has 5 nitrogen and oxygen atoms in total. The zero-order chi connectivity index (χ0) is 18.7. The maximum atomic E-state index is 13.8. The molecule has 26 heavy (non-hydrogen) atoms. The SMILES string of the molecule is CCCn1c(=O)n(CCC(=O)Nc2ccc(Cl)cc2F)c2ccccc21. The zero-order valence-corrected chi connectivity index (χ0v) is 15.1. The van der Waals surface area contributed by atoms with Gasteiger partial charge in [-0.1, -0.05) is 30.7 Å². The molecule has 1 N–H and O–H groups in total. The van der Waals surface area contributed by atoms with Crippen LogP contribution in [0.2, 0.25) is 5.02 Å². The first-order valence-electron chi connectivity index (χ1n) is 8.44. The molecule has 0 unspecified atom stereocenters. The molecule has 0 aliphatic carbocycles. The van der Waals surface area contributed by atoms with Crippen LogP contribution < -0.4 is 11.0 Å². The lowest BCUT2D eigenvalue weighted by atomic mass is 10.3. The Morgan fingerprint density at radius 3 is 2.38 bits per heavy atom. The minimum atomic E-state index is -0.595. The lowest BCUT2D eigenvalue weighted by Gasteiger charge is -2.07. The van der Waals surface area contributed by atoms with Crippen molar-refractivity contribution in [2.75, 3.05) is 5.32 Å². The molecule has 3 rings (SSSR count). The second-order valence-electron chi connectivity index (χ2n) is 6.00. The van der Waals surface area contributed by atoms with Crippen molar-refractivity contribution in [1.29, 1.82) is 0 Å². The summed E-state index contributed by atoms with van der Waals surface area (Å²) >= 11 is 5.70. The van der Waals surface area contributed by atoms with Crippen molar-refractivity contribution >= 4 is 34.2 Å². The number of benzene rings is 2. The van der Waals surface area contributed by atoms with Gasteiger partial charge in [0.05, 0.1) is 16.7 Å². The minimum absolute atomic E-state index is 0.0576. The smallest absolute Gasteiger partial charge is 0.324 e. The van der Waals surface area contributed by atoms with Gasteiger partial charge < -0.3 is 5.32 Å². The van der Waals surface area contributed by atoms with E-state index < -0.39 is 5.82 Å².